The maximum absolute atomic E-state index is 11.4. The Labute approximate surface area is 107 Å². The minimum atomic E-state index is -0.593. The van der Waals surface area contributed by atoms with Crippen LogP contribution in [-0.4, -0.2) is 28.3 Å². The number of rotatable bonds is 4. The number of urea groups is 1. The number of nitrogens with two attached hydrogens (primary N) is 1. The van der Waals surface area contributed by atoms with E-state index < -0.39 is 11.0 Å². The number of imide groups is 1. The number of carbonyl (C=O) groups excluding carboxylic acids is 2. The largest absolute Gasteiger partial charge is 0.329 e. The molecule has 4 N–H and O–H groups in total. The van der Waals surface area contributed by atoms with Gasteiger partial charge in [0.25, 0.3) is 5.69 Å². The summed E-state index contributed by atoms with van der Waals surface area (Å²) in [6, 6.07) is 3.75. The van der Waals surface area contributed by atoms with E-state index in [4.69, 9.17) is 5.84 Å². The van der Waals surface area contributed by atoms with Gasteiger partial charge in [-0.3, -0.25) is 25.7 Å². The van der Waals surface area contributed by atoms with Crippen LogP contribution in [0.15, 0.2) is 18.2 Å². The summed E-state index contributed by atoms with van der Waals surface area (Å²) in [5.74, 6) is 4.80. The number of nitrogens with zero attached hydrogens (tertiary/aromatic N) is 2. The van der Waals surface area contributed by atoms with Crippen molar-refractivity contribution >= 4 is 23.3 Å². The summed E-state index contributed by atoms with van der Waals surface area (Å²) in [5.41, 5.74) is 2.63. The Morgan fingerprint density at radius 3 is 2.74 bits per heavy atom. The van der Waals surface area contributed by atoms with Gasteiger partial charge in [0.15, 0.2) is 0 Å². The maximum Gasteiger partial charge on any atom is 0.324 e. The summed E-state index contributed by atoms with van der Waals surface area (Å²) >= 11 is 0. The first-order valence-electron chi connectivity index (χ1n) is 5.35. The van der Waals surface area contributed by atoms with Gasteiger partial charge in [0.2, 0.25) is 5.91 Å². The highest BCUT2D eigenvalue weighted by molar-refractivity contribution is 6.01. The Morgan fingerprint density at radius 1 is 1.47 bits per heavy atom. The van der Waals surface area contributed by atoms with Crippen molar-refractivity contribution in [3.63, 3.8) is 0 Å². The standard InChI is InChI=1S/C10H11N5O4/c11-13-7-2-1-6(3-8(7)15(18)19)5-14-9(16)4-12-10(14)17/h1-3,13H,4-5,11H2,(H,12,17). The summed E-state index contributed by atoms with van der Waals surface area (Å²) in [6.45, 7) is -0.0697. The molecule has 0 aliphatic carbocycles. The van der Waals surface area contributed by atoms with Crippen LogP contribution in [0, 0.1) is 10.1 Å². The molecule has 0 saturated carbocycles. The second-order valence-electron chi connectivity index (χ2n) is 3.89. The molecule has 1 aliphatic heterocycles. The number of nitrogens with one attached hydrogen (secondary N) is 2. The van der Waals surface area contributed by atoms with E-state index >= 15 is 0 Å². The molecule has 1 aliphatic rings. The van der Waals surface area contributed by atoms with Crippen LogP contribution >= 0.6 is 0 Å². The van der Waals surface area contributed by atoms with Gasteiger partial charge in [-0.2, -0.15) is 0 Å². The van der Waals surface area contributed by atoms with Gasteiger partial charge in [-0.25, -0.2) is 4.79 Å². The van der Waals surface area contributed by atoms with Crippen LogP contribution in [0.1, 0.15) is 5.56 Å². The Hall–Kier alpha value is -2.68. The zero-order chi connectivity index (χ0) is 14.0. The smallest absolute Gasteiger partial charge is 0.324 e. The van der Waals surface area contributed by atoms with E-state index in [-0.39, 0.29) is 30.4 Å². The summed E-state index contributed by atoms with van der Waals surface area (Å²) in [5, 5.41) is 13.2. The van der Waals surface area contributed by atoms with Crippen molar-refractivity contribution in [1.82, 2.24) is 10.2 Å². The number of anilines is 1. The van der Waals surface area contributed by atoms with Gasteiger partial charge < -0.3 is 10.7 Å². The predicted octanol–water partition coefficient (Wildman–Crippen LogP) is -0.0678. The zero-order valence-electron chi connectivity index (χ0n) is 9.75. The van der Waals surface area contributed by atoms with E-state index in [9.17, 15) is 19.7 Å². The molecule has 1 heterocycles. The number of benzene rings is 1. The normalized spacial score (nSPS) is 14.5. The predicted molar refractivity (Wildman–Crippen MR) is 64.9 cm³/mol. The highest BCUT2D eigenvalue weighted by atomic mass is 16.6. The monoisotopic (exact) mass is 265 g/mol. The van der Waals surface area contributed by atoms with Gasteiger partial charge in [-0.15, -0.1) is 0 Å². The molecule has 1 fully saturated rings. The lowest BCUT2D eigenvalue weighted by atomic mass is 10.1. The lowest BCUT2D eigenvalue weighted by molar-refractivity contribution is -0.384. The molecule has 19 heavy (non-hydrogen) atoms. The molecule has 0 spiro atoms. The number of nitro groups is 1. The Kier molecular flexibility index (Phi) is 3.29. The van der Waals surface area contributed by atoms with Crippen LogP contribution in [0.25, 0.3) is 0 Å². The lowest BCUT2D eigenvalue weighted by Crippen LogP contribution is -2.30. The molecule has 2 rings (SSSR count). The van der Waals surface area contributed by atoms with Gasteiger partial charge in [0.05, 0.1) is 18.0 Å². The van der Waals surface area contributed by atoms with Crippen LogP contribution in [0.4, 0.5) is 16.2 Å². The van der Waals surface area contributed by atoms with Gasteiger partial charge in [-0.05, 0) is 11.6 Å². The summed E-state index contributed by atoms with van der Waals surface area (Å²) in [7, 11) is 0. The molecular formula is C10H11N5O4. The zero-order valence-corrected chi connectivity index (χ0v) is 9.75. The minimum absolute atomic E-state index is 0.0175. The first kappa shape index (κ1) is 12.8. The molecule has 0 atom stereocenters. The van der Waals surface area contributed by atoms with E-state index in [1.54, 1.807) is 6.07 Å². The molecule has 1 aromatic rings. The average molecular weight is 265 g/mol. The maximum atomic E-state index is 11.4. The Balaban J connectivity index is 2.26. The van der Waals surface area contributed by atoms with Crippen molar-refractivity contribution in [2.45, 2.75) is 6.54 Å². The van der Waals surface area contributed by atoms with Crippen LogP contribution in [0.2, 0.25) is 0 Å². The number of nitrogen functional groups attached to an aromatic ring is 1. The molecule has 3 amide bonds. The quantitative estimate of drug-likeness (QED) is 0.302. The summed E-state index contributed by atoms with van der Waals surface area (Å²) in [4.78, 5) is 34.0. The third kappa shape index (κ3) is 2.45. The minimum Gasteiger partial charge on any atom is -0.329 e. The Morgan fingerprint density at radius 2 is 2.21 bits per heavy atom. The molecule has 1 saturated heterocycles. The van der Waals surface area contributed by atoms with Crippen LogP contribution in [0.5, 0.6) is 0 Å². The third-order valence-corrected chi connectivity index (χ3v) is 2.69. The average Bonchev–Trinajstić information content (AvgIpc) is 2.70. The molecular weight excluding hydrogens is 254 g/mol. The van der Waals surface area contributed by atoms with Gasteiger partial charge >= 0.3 is 6.03 Å². The van der Waals surface area contributed by atoms with Crippen molar-refractivity contribution in [3.8, 4) is 0 Å². The van der Waals surface area contributed by atoms with Gasteiger partial charge in [0, 0.05) is 6.07 Å². The topological polar surface area (TPSA) is 131 Å². The fourth-order valence-electron chi connectivity index (χ4n) is 1.75. The van der Waals surface area contributed by atoms with Crippen molar-refractivity contribution < 1.29 is 14.5 Å². The SMILES string of the molecule is NNc1ccc(CN2C(=O)CNC2=O)cc1[N+](=O)[O-]. The molecule has 0 unspecified atom stereocenters. The van der Waals surface area contributed by atoms with Gasteiger partial charge in [0.1, 0.15) is 5.69 Å². The molecule has 0 aromatic heterocycles. The lowest BCUT2D eigenvalue weighted by Gasteiger charge is -2.12. The van der Waals surface area contributed by atoms with Crippen LogP contribution in [-0.2, 0) is 11.3 Å². The second kappa shape index (κ2) is 4.90. The number of hydrogen-bond donors (Lipinski definition) is 3. The van der Waals surface area contributed by atoms with Gasteiger partial charge in [-0.1, -0.05) is 6.07 Å². The Bertz CT molecular complexity index is 543. The van der Waals surface area contributed by atoms with E-state index in [2.05, 4.69) is 10.7 Å². The van der Waals surface area contributed by atoms with Crippen molar-refractivity contribution in [3.05, 3.63) is 33.9 Å². The van der Waals surface area contributed by atoms with Crippen molar-refractivity contribution in [2.24, 2.45) is 5.84 Å². The fraction of sp³-hybridized carbons (Fsp3) is 0.200. The summed E-state index contributed by atoms with van der Waals surface area (Å²) < 4.78 is 0. The number of carbonyl (C=O) groups is 2. The number of amides is 3. The van der Waals surface area contributed by atoms with E-state index in [0.29, 0.717) is 5.56 Å². The van der Waals surface area contributed by atoms with Crippen molar-refractivity contribution in [1.29, 1.82) is 0 Å². The van der Waals surface area contributed by atoms with Crippen LogP contribution < -0.4 is 16.6 Å². The molecule has 9 heteroatoms. The highest BCUT2D eigenvalue weighted by Gasteiger charge is 2.28. The summed E-state index contributed by atoms with van der Waals surface area (Å²) in [6.07, 6.45) is 0. The highest BCUT2D eigenvalue weighted by Crippen LogP contribution is 2.25. The molecule has 0 bridgehead atoms. The van der Waals surface area contributed by atoms with Crippen molar-refractivity contribution in [2.75, 3.05) is 12.0 Å². The number of hydrogen-bond acceptors (Lipinski definition) is 6. The molecule has 0 radical (unpaired) electrons. The molecule has 1 aromatic carbocycles. The molecule has 9 nitrogen and oxygen atoms in total. The number of nitro benzene ring substituents is 1. The first-order valence-corrected chi connectivity index (χ1v) is 5.35. The van der Waals surface area contributed by atoms with E-state index in [1.165, 1.54) is 12.1 Å². The number of hydrazine groups is 1. The third-order valence-electron chi connectivity index (χ3n) is 2.69. The fourth-order valence-corrected chi connectivity index (χ4v) is 1.75. The first-order chi connectivity index (χ1) is 9.02. The van der Waals surface area contributed by atoms with E-state index in [0.717, 1.165) is 4.90 Å². The second-order valence-corrected chi connectivity index (χ2v) is 3.89. The molecule has 100 valence electrons. The van der Waals surface area contributed by atoms with E-state index in [1.807, 2.05) is 0 Å². The van der Waals surface area contributed by atoms with Crippen LogP contribution in [0.3, 0.4) is 0 Å².